The summed E-state index contributed by atoms with van der Waals surface area (Å²) < 4.78 is 13.3. The van der Waals surface area contributed by atoms with E-state index < -0.39 is 6.04 Å². The van der Waals surface area contributed by atoms with Gasteiger partial charge in [0.1, 0.15) is 11.9 Å². The van der Waals surface area contributed by atoms with Crippen molar-refractivity contribution in [3.8, 4) is 0 Å². The predicted octanol–water partition coefficient (Wildman–Crippen LogP) is 5.70. The van der Waals surface area contributed by atoms with Gasteiger partial charge in [-0.2, -0.15) is 0 Å². The first-order valence-electron chi connectivity index (χ1n) is 10.1. The standard InChI is InChI=1S/C23H27Cl2FN2O2S/c1-3-4-11-27-23(30)16(2)28(13-17-5-8-19(26)9-6-17)22(29)15-31-14-18-7-10-20(24)21(25)12-18/h5-10,12,16H,3-4,11,13-15H2,1-2H3,(H,27,30). The summed E-state index contributed by atoms with van der Waals surface area (Å²) in [6.07, 6.45) is 1.85. The number of nitrogens with zero attached hydrogens (tertiary/aromatic N) is 1. The van der Waals surface area contributed by atoms with Gasteiger partial charge in [-0.15, -0.1) is 11.8 Å². The van der Waals surface area contributed by atoms with Gasteiger partial charge in [-0.25, -0.2) is 4.39 Å². The van der Waals surface area contributed by atoms with Crippen molar-refractivity contribution in [2.75, 3.05) is 12.3 Å². The lowest BCUT2D eigenvalue weighted by Gasteiger charge is -2.28. The van der Waals surface area contributed by atoms with Gasteiger partial charge in [0.2, 0.25) is 11.8 Å². The molecule has 0 aliphatic carbocycles. The Morgan fingerprint density at radius 2 is 1.77 bits per heavy atom. The fourth-order valence-corrected chi connectivity index (χ4v) is 4.05. The third-order valence-electron chi connectivity index (χ3n) is 4.74. The highest BCUT2D eigenvalue weighted by atomic mass is 35.5. The minimum atomic E-state index is -0.639. The van der Waals surface area contributed by atoms with Crippen LogP contribution in [-0.4, -0.2) is 35.1 Å². The topological polar surface area (TPSA) is 49.4 Å². The Hall–Kier alpha value is -1.76. The van der Waals surface area contributed by atoms with Gasteiger partial charge in [-0.3, -0.25) is 9.59 Å². The van der Waals surface area contributed by atoms with Gasteiger partial charge < -0.3 is 10.2 Å². The molecule has 0 heterocycles. The van der Waals surface area contributed by atoms with Crippen molar-refractivity contribution in [1.29, 1.82) is 0 Å². The third kappa shape index (κ3) is 8.36. The molecule has 0 aliphatic rings. The van der Waals surface area contributed by atoms with E-state index in [1.807, 2.05) is 13.0 Å². The average Bonchev–Trinajstić information content (AvgIpc) is 2.75. The van der Waals surface area contributed by atoms with Crippen molar-refractivity contribution >= 4 is 46.8 Å². The van der Waals surface area contributed by atoms with Crippen molar-refractivity contribution < 1.29 is 14.0 Å². The fourth-order valence-electron chi connectivity index (χ4n) is 2.87. The Balaban J connectivity index is 2.04. The van der Waals surface area contributed by atoms with Crippen molar-refractivity contribution in [3.05, 3.63) is 69.5 Å². The van der Waals surface area contributed by atoms with Crippen LogP contribution in [0.1, 0.15) is 37.8 Å². The molecule has 0 saturated carbocycles. The number of unbranched alkanes of at least 4 members (excludes halogenated alkanes) is 1. The second kappa shape index (κ2) is 12.9. The lowest BCUT2D eigenvalue weighted by molar-refractivity contribution is -0.138. The van der Waals surface area contributed by atoms with E-state index in [1.165, 1.54) is 28.8 Å². The SMILES string of the molecule is CCCCNC(=O)C(C)N(Cc1ccc(F)cc1)C(=O)CSCc1ccc(Cl)c(Cl)c1. The highest BCUT2D eigenvalue weighted by molar-refractivity contribution is 7.99. The summed E-state index contributed by atoms with van der Waals surface area (Å²) in [6.45, 7) is 4.57. The van der Waals surface area contributed by atoms with Crippen LogP contribution in [0.4, 0.5) is 4.39 Å². The highest BCUT2D eigenvalue weighted by Gasteiger charge is 2.25. The molecular formula is C23H27Cl2FN2O2S. The van der Waals surface area contributed by atoms with E-state index in [9.17, 15) is 14.0 Å². The summed E-state index contributed by atoms with van der Waals surface area (Å²) in [5, 5.41) is 3.84. The van der Waals surface area contributed by atoms with Gasteiger partial charge in [0.05, 0.1) is 15.8 Å². The third-order valence-corrected chi connectivity index (χ3v) is 6.47. The summed E-state index contributed by atoms with van der Waals surface area (Å²) in [7, 11) is 0. The Morgan fingerprint density at radius 1 is 1.10 bits per heavy atom. The molecule has 0 bridgehead atoms. The number of carbonyl (C=O) groups excluding carboxylic acids is 2. The van der Waals surface area contributed by atoms with Crippen LogP contribution in [-0.2, 0) is 21.9 Å². The number of thioether (sulfide) groups is 1. The lowest BCUT2D eigenvalue weighted by atomic mass is 10.1. The predicted molar refractivity (Wildman–Crippen MR) is 127 cm³/mol. The Kier molecular flexibility index (Phi) is 10.6. The summed E-state index contributed by atoms with van der Waals surface area (Å²) >= 11 is 13.4. The molecule has 168 valence electrons. The molecule has 0 radical (unpaired) electrons. The smallest absolute Gasteiger partial charge is 0.242 e. The van der Waals surface area contributed by atoms with Crippen LogP contribution in [0.2, 0.25) is 10.0 Å². The number of amides is 2. The molecule has 2 rings (SSSR count). The van der Waals surface area contributed by atoms with E-state index in [1.54, 1.807) is 31.2 Å². The second-order valence-corrected chi connectivity index (χ2v) is 9.01. The first kappa shape index (κ1) is 25.5. The van der Waals surface area contributed by atoms with E-state index in [0.29, 0.717) is 22.3 Å². The Morgan fingerprint density at radius 3 is 2.42 bits per heavy atom. The van der Waals surface area contributed by atoms with Gasteiger partial charge >= 0.3 is 0 Å². The van der Waals surface area contributed by atoms with Crippen molar-refractivity contribution in [1.82, 2.24) is 10.2 Å². The Bertz CT molecular complexity index is 880. The van der Waals surface area contributed by atoms with E-state index in [-0.39, 0.29) is 29.9 Å². The normalized spacial score (nSPS) is 11.8. The number of hydrogen-bond acceptors (Lipinski definition) is 3. The maximum Gasteiger partial charge on any atom is 0.242 e. The van der Waals surface area contributed by atoms with Crippen LogP contribution in [0, 0.1) is 5.82 Å². The average molecular weight is 485 g/mol. The molecule has 31 heavy (non-hydrogen) atoms. The van der Waals surface area contributed by atoms with Crippen LogP contribution in [0.25, 0.3) is 0 Å². The van der Waals surface area contributed by atoms with Crippen LogP contribution in [0.15, 0.2) is 42.5 Å². The molecule has 0 fully saturated rings. The first-order chi connectivity index (χ1) is 14.8. The van der Waals surface area contributed by atoms with Crippen molar-refractivity contribution in [2.24, 2.45) is 0 Å². The first-order valence-corrected chi connectivity index (χ1v) is 12.1. The number of carbonyl (C=O) groups is 2. The number of halogens is 3. The molecule has 1 unspecified atom stereocenters. The van der Waals surface area contributed by atoms with Crippen LogP contribution in [0.5, 0.6) is 0 Å². The maximum atomic E-state index is 13.3. The second-order valence-electron chi connectivity index (χ2n) is 7.21. The number of nitrogens with one attached hydrogen (secondary N) is 1. The molecule has 4 nitrogen and oxygen atoms in total. The molecule has 2 amide bonds. The van der Waals surface area contributed by atoms with E-state index >= 15 is 0 Å². The Labute approximate surface area is 197 Å². The molecule has 1 atom stereocenters. The quantitative estimate of drug-likeness (QED) is 0.416. The monoisotopic (exact) mass is 484 g/mol. The zero-order chi connectivity index (χ0) is 22.8. The number of hydrogen-bond donors (Lipinski definition) is 1. The maximum absolute atomic E-state index is 13.3. The van der Waals surface area contributed by atoms with Gasteiger partial charge in [-0.05, 0) is 48.7 Å². The lowest BCUT2D eigenvalue weighted by Crippen LogP contribution is -2.48. The minimum Gasteiger partial charge on any atom is -0.354 e. The fraction of sp³-hybridized carbons (Fsp3) is 0.391. The molecule has 0 aromatic heterocycles. The van der Waals surface area contributed by atoms with Crippen LogP contribution in [0.3, 0.4) is 0 Å². The number of benzene rings is 2. The van der Waals surface area contributed by atoms with E-state index in [0.717, 1.165) is 24.0 Å². The minimum absolute atomic E-state index is 0.160. The highest BCUT2D eigenvalue weighted by Crippen LogP contribution is 2.25. The van der Waals surface area contributed by atoms with E-state index in [4.69, 9.17) is 23.2 Å². The number of rotatable bonds is 11. The summed E-state index contributed by atoms with van der Waals surface area (Å²) in [5.41, 5.74) is 1.72. The summed E-state index contributed by atoms with van der Waals surface area (Å²) in [5.74, 6) is 0.0908. The van der Waals surface area contributed by atoms with Crippen molar-refractivity contribution in [3.63, 3.8) is 0 Å². The summed E-state index contributed by atoms with van der Waals surface area (Å²) in [6, 6.07) is 10.7. The molecule has 0 saturated heterocycles. The van der Waals surface area contributed by atoms with Crippen molar-refractivity contribution in [2.45, 2.75) is 45.0 Å². The van der Waals surface area contributed by atoms with Gasteiger partial charge in [-0.1, -0.05) is 54.7 Å². The van der Waals surface area contributed by atoms with Crippen LogP contribution >= 0.6 is 35.0 Å². The van der Waals surface area contributed by atoms with Gasteiger partial charge in [0.25, 0.3) is 0 Å². The van der Waals surface area contributed by atoms with E-state index in [2.05, 4.69) is 5.32 Å². The molecule has 0 aliphatic heterocycles. The molecule has 0 spiro atoms. The summed E-state index contributed by atoms with van der Waals surface area (Å²) in [4.78, 5) is 27.1. The largest absolute Gasteiger partial charge is 0.354 e. The molecule has 2 aromatic rings. The van der Waals surface area contributed by atoms with Crippen LogP contribution < -0.4 is 5.32 Å². The molecule has 2 aromatic carbocycles. The molecule has 1 N–H and O–H groups in total. The molecular weight excluding hydrogens is 458 g/mol. The van der Waals surface area contributed by atoms with Gasteiger partial charge in [0, 0.05) is 18.8 Å². The zero-order valence-corrected chi connectivity index (χ0v) is 20.0. The zero-order valence-electron chi connectivity index (χ0n) is 17.7. The van der Waals surface area contributed by atoms with Gasteiger partial charge in [0.15, 0.2) is 0 Å². The molecule has 8 heteroatoms.